The van der Waals surface area contributed by atoms with Crippen LogP contribution in [0.5, 0.6) is 0 Å². The summed E-state index contributed by atoms with van der Waals surface area (Å²) in [6.07, 6.45) is 0. The third-order valence-corrected chi connectivity index (χ3v) is 5.19. The molecule has 1 amide bonds. The second-order valence-corrected chi connectivity index (χ2v) is 7.88. The van der Waals surface area contributed by atoms with Crippen LogP contribution < -0.4 is 5.32 Å². The molecule has 1 N–H and O–H groups in total. The first-order valence-corrected chi connectivity index (χ1v) is 10.6. The van der Waals surface area contributed by atoms with Gasteiger partial charge in [0.2, 0.25) is 5.91 Å². The molecule has 0 saturated carbocycles. The lowest BCUT2D eigenvalue weighted by atomic mass is 9.90. The lowest BCUT2D eigenvalue weighted by Crippen LogP contribution is -2.47. The highest BCUT2D eigenvalue weighted by atomic mass is 16.5. The number of Topliss-reactive ketones (excluding diaryl/α,β-unsaturated/α-hetero) is 1. The quantitative estimate of drug-likeness (QED) is 0.405. The average molecular weight is 430 g/mol. The number of rotatable bonds is 9. The molecule has 0 spiro atoms. The summed E-state index contributed by atoms with van der Waals surface area (Å²) in [6.45, 7) is 3.28. The molecule has 1 atom stereocenters. The lowest BCUT2D eigenvalue weighted by molar-refractivity contribution is -0.148. The Kier molecular flexibility index (Phi) is 7.92. The molecule has 5 nitrogen and oxygen atoms in total. The molecule has 164 valence electrons. The number of hydrogen-bond donors (Lipinski definition) is 1. The first-order chi connectivity index (χ1) is 15.5. The van der Waals surface area contributed by atoms with Gasteiger partial charge in [0.15, 0.2) is 12.4 Å². The van der Waals surface area contributed by atoms with Crippen molar-refractivity contribution in [3.63, 3.8) is 0 Å². The van der Waals surface area contributed by atoms with Gasteiger partial charge in [-0.2, -0.15) is 0 Å². The number of amides is 1. The Morgan fingerprint density at radius 1 is 0.750 bits per heavy atom. The summed E-state index contributed by atoms with van der Waals surface area (Å²) in [5.41, 5.74) is 2.12. The topological polar surface area (TPSA) is 72.5 Å². The minimum Gasteiger partial charge on any atom is -0.456 e. The second kappa shape index (κ2) is 11.0. The maximum atomic E-state index is 13.3. The molecule has 0 unspecified atom stereocenters. The minimum absolute atomic E-state index is 0.217. The van der Waals surface area contributed by atoms with Gasteiger partial charge in [-0.05, 0) is 17.0 Å². The molecular formula is C27H27NO4. The Morgan fingerprint density at radius 2 is 1.22 bits per heavy atom. The third kappa shape index (κ3) is 5.91. The molecule has 3 rings (SSSR count). The second-order valence-electron chi connectivity index (χ2n) is 7.88. The van der Waals surface area contributed by atoms with E-state index in [1.165, 1.54) is 0 Å². The SMILES string of the molecule is CC(C)[C@H](NC(=O)C(c1ccccc1)c1ccccc1)C(=O)OCC(=O)c1ccccc1. The number of benzene rings is 3. The van der Waals surface area contributed by atoms with Crippen molar-refractivity contribution in [2.24, 2.45) is 5.92 Å². The van der Waals surface area contributed by atoms with Crippen LogP contribution in [0.1, 0.15) is 41.3 Å². The van der Waals surface area contributed by atoms with E-state index in [0.29, 0.717) is 5.56 Å². The summed E-state index contributed by atoms with van der Waals surface area (Å²) in [7, 11) is 0. The van der Waals surface area contributed by atoms with Gasteiger partial charge in [0.1, 0.15) is 6.04 Å². The van der Waals surface area contributed by atoms with Gasteiger partial charge in [-0.25, -0.2) is 4.79 Å². The zero-order chi connectivity index (χ0) is 22.9. The number of esters is 1. The summed E-state index contributed by atoms with van der Waals surface area (Å²) >= 11 is 0. The van der Waals surface area contributed by atoms with E-state index in [1.807, 2.05) is 80.6 Å². The van der Waals surface area contributed by atoms with E-state index in [2.05, 4.69) is 5.32 Å². The van der Waals surface area contributed by atoms with Crippen LogP contribution in [0.3, 0.4) is 0 Å². The molecule has 0 aromatic heterocycles. The first-order valence-electron chi connectivity index (χ1n) is 10.6. The normalized spacial score (nSPS) is 11.8. The van der Waals surface area contributed by atoms with E-state index in [1.54, 1.807) is 24.3 Å². The molecule has 0 aliphatic heterocycles. The Hall–Kier alpha value is -3.73. The van der Waals surface area contributed by atoms with Crippen LogP contribution in [0.4, 0.5) is 0 Å². The summed E-state index contributed by atoms with van der Waals surface area (Å²) in [5, 5.41) is 2.85. The monoisotopic (exact) mass is 429 g/mol. The van der Waals surface area contributed by atoms with Gasteiger partial charge < -0.3 is 10.1 Å². The van der Waals surface area contributed by atoms with Crippen molar-refractivity contribution in [3.05, 3.63) is 108 Å². The molecular weight excluding hydrogens is 402 g/mol. The standard InChI is InChI=1S/C27H27NO4/c1-19(2)25(27(31)32-18-23(29)20-12-6-3-7-13-20)28-26(30)24(21-14-8-4-9-15-21)22-16-10-5-11-17-22/h3-17,19,24-25H,18H2,1-2H3,(H,28,30)/t25-/m0/s1. The Balaban J connectivity index is 1.74. The molecule has 0 saturated heterocycles. The summed E-state index contributed by atoms with van der Waals surface area (Å²) in [5.74, 6) is -2.01. The van der Waals surface area contributed by atoms with Crippen LogP contribution in [0, 0.1) is 5.92 Å². The zero-order valence-corrected chi connectivity index (χ0v) is 18.2. The highest BCUT2D eigenvalue weighted by Gasteiger charge is 2.31. The fraction of sp³-hybridized carbons (Fsp3) is 0.222. The highest BCUT2D eigenvalue weighted by Crippen LogP contribution is 2.25. The smallest absolute Gasteiger partial charge is 0.329 e. The zero-order valence-electron chi connectivity index (χ0n) is 18.2. The van der Waals surface area contributed by atoms with Crippen molar-refractivity contribution in [1.29, 1.82) is 0 Å². The molecule has 0 fully saturated rings. The molecule has 3 aromatic rings. The summed E-state index contributed by atoms with van der Waals surface area (Å²) in [6, 6.07) is 26.6. The van der Waals surface area contributed by atoms with Crippen LogP contribution in [-0.2, 0) is 14.3 Å². The Labute approximate surface area is 188 Å². The predicted octanol–water partition coefficient (Wildman–Crippen LogP) is 4.39. The third-order valence-electron chi connectivity index (χ3n) is 5.19. The van der Waals surface area contributed by atoms with Crippen molar-refractivity contribution in [1.82, 2.24) is 5.32 Å². The van der Waals surface area contributed by atoms with Crippen LogP contribution in [0.15, 0.2) is 91.0 Å². The number of carbonyl (C=O) groups excluding carboxylic acids is 3. The number of hydrogen-bond acceptors (Lipinski definition) is 4. The van der Waals surface area contributed by atoms with E-state index in [-0.39, 0.29) is 24.2 Å². The fourth-order valence-electron chi connectivity index (χ4n) is 3.45. The van der Waals surface area contributed by atoms with E-state index in [0.717, 1.165) is 11.1 Å². The van der Waals surface area contributed by atoms with Crippen LogP contribution in [-0.4, -0.2) is 30.3 Å². The highest BCUT2D eigenvalue weighted by molar-refractivity contribution is 5.98. The maximum absolute atomic E-state index is 13.3. The van der Waals surface area contributed by atoms with Crippen molar-refractivity contribution in [3.8, 4) is 0 Å². The lowest BCUT2D eigenvalue weighted by Gasteiger charge is -2.24. The van der Waals surface area contributed by atoms with Crippen molar-refractivity contribution in [2.75, 3.05) is 6.61 Å². The Bertz CT molecular complexity index is 994. The minimum atomic E-state index is -0.874. The average Bonchev–Trinajstić information content (AvgIpc) is 2.82. The van der Waals surface area contributed by atoms with Crippen molar-refractivity contribution < 1.29 is 19.1 Å². The van der Waals surface area contributed by atoms with E-state index in [9.17, 15) is 14.4 Å². The van der Waals surface area contributed by atoms with Gasteiger partial charge in [-0.1, -0.05) is 105 Å². The molecule has 0 aliphatic carbocycles. The molecule has 0 aliphatic rings. The summed E-state index contributed by atoms with van der Waals surface area (Å²) < 4.78 is 5.27. The molecule has 3 aromatic carbocycles. The van der Waals surface area contributed by atoms with Crippen molar-refractivity contribution >= 4 is 17.7 Å². The molecule has 0 bridgehead atoms. The molecule has 5 heteroatoms. The predicted molar refractivity (Wildman–Crippen MR) is 123 cm³/mol. The van der Waals surface area contributed by atoms with Crippen molar-refractivity contribution in [2.45, 2.75) is 25.8 Å². The Morgan fingerprint density at radius 3 is 1.69 bits per heavy atom. The summed E-state index contributed by atoms with van der Waals surface area (Å²) in [4.78, 5) is 38.4. The largest absolute Gasteiger partial charge is 0.456 e. The van der Waals surface area contributed by atoms with E-state index >= 15 is 0 Å². The van der Waals surface area contributed by atoms with E-state index < -0.39 is 17.9 Å². The van der Waals surface area contributed by atoms with Gasteiger partial charge in [-0.15, -0.1) is 0 Å². The van der Waals surface area contributed by atoms with Gasteiger partial charge in [0.25, 0.3) is 0 Å². The number of nitrogens with one attached hydrogen (secondary N) is 1. The van der Waals surface area contributed by atoms with E-state index in [4.69, 9.17) is 4.74 Å². The van der Waals surface area contributed by atoms with Gasteiger partial charge in [-0.3, -0.25) is 9.59 Å². The maximum Gasteiger partial charge on any atom is 0.329 e. The molecule has 32 heavy (non-hydrogen) atoms. The first kappa shape index (κ1) is 22.9. The van der Waals surface area contributed by atoms with Gasteiger partial charge >= 0.3 is 5.97 Å². The number of ketones is 1. The van der Waals surface area contributed by atoms with Gasteiger partial charge in [0, 0.05) is 5.56 Å². The van der Waals surface area contributed by atoms with Crippen LogP contribution in [0.2, 0.25) is 0 Å². The van der Waals surface area contributed by atoms with Gasteiger partial charge in [0.05, 0.1) is 5.92 Å². The van der Waals surface area contributed by atoms with Crippen LogP contribution in [0.25, 0.3) is 0 Å². The van der Waals surface area contributed by atoms with Crippen LogP contribution >= 0.6 is 0 Å². The molecule has 0 radical (unpaired) electrons. The fourth-order valence-corrected chi connectivity index (χ4v) is 3.45. The number of carbonyl (C=O) groups is 3. The molecule has 0 heterocycles. The number of ether oxygens (including phenoxy) is 1.